The Morgan fingerprint density at radius 1 is 0.574 bits per heavy atom. The van der Waals surface area contributed by atoms with Gasteiger partial charge in [0.15, 0.2) is 0 Å². The molecule has 6 aromatic carbocycles. The molecule has 0 N–H and O–H groups in total. The molecule has 1 aromatic heterocycles. The van der Waals surface area contributed by atoms with Crippen molar-refractivity contribution in [1.82, 2.24) is 9.55 Å². The van der Waals surface area contributed by atoms with Crippen LogP contribution in [0.15, 0.2) is 195 Å². The van der Waals surface area contributed by atoms with Crippen molar-refractivity contribution in [3.05, 3.63) is 206 Å². The summed E-state index contributed by atoms with van der Waals surface area (Å²) in [5.41, 5.74) is 6.58. The molecule has 0 bridgehead atoms. The lowest BCUT2D eigenvalue weighted by atomic mass is 9.37. The molecular formula is C42H39BN2OSi. The molecule has 1 heterocycles. The number of hydrogen-bond donors (Lipinski definition) is 0. The van der Waals surface area contributed by atoms with Gasteiger partial charge in [0.1, 0.15) is 5.75 Å². The van der Waals surface area contributed by atoms with E-state index >= 15 is 0 Å². The largest absolute Gasteiger partial charge is 0.494 e. The summed E-state index contributed by atoms with van der Waals surface area (Å²) in [7, 11) is -0.832. The predicted molar refractivity (Wildman–Crippen MR) is 201 cm³/mol. The second-order valence-corrected chi connectivity index (χ2v) is 13.7. The van der Waals surface area contributed by atoms with Crippen molar-refractivity contribution in [3.63, 3.8) is 0 Å². The molecule has 0 spiro atoms. The Hall–Kier alpha value is -5.39. The fourth-order valence-electron chi connectivity index (χ4n) is 6.35. The summed E-state index contributed by atoms with van der Waals surface area (Å²) in [5.74, 6) is 0.924. The highest BCUT2D eigenvalue weighted by Crippen LogP contribution is 2.33. The van der Waals surface area contributed by atoms with Crippen molar-refractivity contribution >= 4 is 37.8 Å². The number of hydrogen-bond acceptors (Lipinski definition) is 2. The first-order valence-corrected chi connectivity index (χ1v) is 17.7. The minimum atomic E-state index is -0.832. The van der Waals surface area contributed by atoms with Crippen LogP contribution >= 0.6 is 0 Å². The molecule has 7 rings (SSSR count). The third-order valence-electron chi connectivity index (χ3n) is 8.54. The Morgan fingerprint density at radius 3 is 1.38 bits per heavy atom. The van der Waals surface area contributed by atoms with E-state index in [9.17, 15) is 0 Å². The first-order chi connectivity index (χ1) is 23.3. The van der Waals surface area contributed by atoms with Gasteiger partial charge in [0.05, 0.1) is 27.6 Å². The van der Waals surface area contributed by atoms with Gasteiger partial charge in [0, 0.05) is 12.4 Å². The van der Waals surface area contributed by atoms with Crippen LogP contribution in [0.25, 0.3) is 0 Å². The zero-order valence-corrected chi connectivity index (χ0v) is 28.2. The van der Waals surface area contributed by atoms with E-state index in [1.165, 1.54) is 32.7 Å². The Morgan fingerprint density at radius 2 is 1.00 bits per heavy atom. The number of imidazole rings is 1. The van der Waals surface area contributed by atoms with Crippen LogP contribution in [0.3, 0.4) is 0 Å². The Bertz CT molecular complexity index is 1750. The van der Waals surface area contributed by atoms with E-state index in [2.05, 4.69) is 192 Å². The number of ether oxygens (including phenoxy) is 1. The number of rotatable bonds is 10. The van der Waals surface area contributed by atoms with Crippen molar-refractivity contribution in [1.29, 1.82) is 0 Å². The first kappa shape index (κ1) is 31.6. The van der Waals surface area contributed by atoms with E-state index in [4.69, 9.17) is 4.74 Å². The van der Waals surface area contributed by atoms with E-state index in [-0.39, 0.29) is 5.16 Å². The lowest BCUT2D eigenvalue weighted by Crippen LogP contribution is -2.51. The summed E-state index contributed by atoms with van der Waals surface area (Å²) in [5, 5.41) is 1.14. The van der Waals surface area contributed by atoms with Crippen molar-refractivity contribution in [2.75, 3.05) is 6.61 Å². The lowest BCUT2D eigenvalue weighted by Gasteiger charge is -2.37. The molecule has 0 amide bonds. The zero-order valence-electron chi connectivity index (χ0n) is 26.8. The van der Waals surface area contributed by atoms with Gasteiger partial charge < -0.3 is 9.30 Å². The van der Waals surface area contributed by atoms with E-state index in [1.807, 2.05) is 19.4 Å². The average Bonchev–Trinajstić information content (AvgIpc) is 3.70. The van der Waals surface area contributed by atoms with Gasteiger partial charge in [-0.1, -0.05) is 185 Å². The van der Waals surface area contributed by atoms with Gasteiger partial charge >= 0.3 is 0 Å². The standard InChI is InChI=1S/C24H24N2OSi.C18H15B/c1-2-27-22-13-15-23(16-14-22)28-24(26-18-17-25-19-26,20-9-5-3-6-10-20)21-11-7-4-8-12-21;1-4-10-16(11-5-1)19(17-12-6-2-7-13-17)18-14-8-3-9-15-18/h3-19H,2,28H2,1H3;1-15H. The summed E-state index contributed by atoms with van der Waals surface area (Å²) in [4.78, 5) is 4.38. The highest BCUT2D eigenvalue weighted by Gasteiger charge is 2.36. The molecule has 0 saturated heterocycles. The van der Waals surface area contributed by atoms with Crippen molar-refractivity contribution in [2.24, 2.45) is 0 Å². The van der Waals surface area contributed by atoms with Crippen LogP contribution in [0.4, 0.5) is 0 Å². The predicted octanol–water partition coefficient (Wildman–Crippen LogP) is 5.73. The quantitative estimate of drug-likeness (QED) is 0.182. The van der Waals surface area contributed by atoms with Crippen molar-refractivity contribution in [3.8, 4) is 5.75 Å². The lowest BCUT2D eigenvalue weighted by molar-refractivity contribution is 0.340. The maximum atomic E-state index is 5.63. The molecule has 0 aliphatic carbocycles. The maximum absolute atomic E-state index is 5.63. The molecule has 47 heavy (non-hydrogen) atoms. The molecule has 5 heteroatoms. The average molecular weight is 627 g/mol. The zero-order chi connectivity index (χ0) is 32.2. The molecule has 0 radical (unpaired) electrons. The summed E-state index contributed by atoms with van der Waals surface area (Å²) in [6.07, 6.45) is 5.90. The van der Waals surface area contributed by atoms with Gasteiger partial charge in [-0.3, -0.25) is 0 Å². The molecular weight excluding hydrogens is 587 g/mol. The SMILES string of the molecule is CCOc1ccc([SiH2]C(c2ccccc2)(c2ccccc2)n2ccnc2)cc1.c1ccc(B(c2ccccc2)c2ccccc2)cc1. The molecule has 0 atom stereocenters. The minimum Gasteiger partial charge on any atom is -0.494 e. The summed E-state index contributed by atoms with van der Waals surface area (Å²) in [6, 6.07) is 62.2. The normalized spacial score (nSPS) is 11.1. The Balaban J connectivity index is 0.000000177. The third kappa shape index (κ3) is 7.54. The molecule has 0 aliphatic rings. The van der Waals surface area contributed by atoms with Crippen LogP contribution in [0.5, 0.6) is 5.75 Å². The molecule has 0 saturated carbocycles. The smallest absolute Gasteiger partial charge is 0.241 e. The van der Waals surface area contributed by atoms with Gasteiger partial charge in [-0.25, -0.2) is 4.98 Å². The molecule has 230 valence electrons. The molecule has 3 nitrogen and oxygen atoms in total. The second-order valence-electron chi connectivity index (χ2n) is 11.5. The van der Waals surface area contributed by atoms with Gasteiger partial charge in [-0.05, 0) is 30.2 Å². The van der Waals surface area contributed by atoms with Crippen LogP contribution < -0.4 is 26.3 Å². The number of benzene rings is 6. The highest BCUT2D eigenvalue weighted by atomic mass is 28.2. The summed E-state index contributed by atoms with van der Waals surface area (Å²) < 4.78 is 7.91. The highest BCUT2D eigenvalue weighted by molar-refractivity contribution is 6.95. The fourth-order valence-corrected chi connectivity index (χ4v) is 8.66. The van der Waals surface area contributed by atoms with Crippen LogP contribution in [0.2, 0.25) is 0 Å². The summed E-state index contributed by atoms with van der Waals surface area (Å²) >= 11 is 0. The van der Waals surface area contributed by atoms with Crippen LogP contribution in [0.1, 0.15) is 18.1 Å². The maximum Gasteiger partial charge on any atom is 0.241 e. The Labute approximate surface area is 281 Å². The molecule has 7 aromatic rings. The number of aromatic nitrogens is 2. The molecule has 0 unspecified atom stereocenters. The van der Waals surface area contributed by atoms with E-state index in [1.54, 1.807) is 0 Å². The monoisotopic (exact) mass is 626 g/mol. The van der Waals surface area contributed by atoms with Crippen molar-refractivity contribution in [2.45, 2.75) is 12.1 Å². The van der Waals surface area contributed by atoms with Crippen molar-refractivity contribution < 1.29 is 4.74 Å². The van der Waals surface area contributed by atoms with Crippen LogP contribution in [0, 0.1) is 0 Å². The first-order valence-electron chi connectivity index (χ1n) is 16.2. The second kappa shape index (κ2) is 15.7. The fraction of sp³-hybridized carbons (Fsp3) is 0.0714. The molecule has 0 fully saturated rings. The summed E-state index contributed by atoms with van der Waals surface area (Å²) in [6.45, 7) is 3.00. The van der Waals surface area contributed by atoms with E-state index in [0.29, 0.717) is 13.3 Å². The van der Waals surface area contributed by atoms with E-state index < -0.39 is 9.52 Å². The van der Waals surface area contributed by atoms with Gasteiger partial charge in [-0.2, -0.15) is 0 Å². The van der Waals surface area contributed by atoms with E-state index in [0.717, 1.165) is 5.75 Å². The van der Waals surface area contributed by atoms with Crippen LogP contribution in [-0.4, -0.2) is 32.4 Å². The third-order valence-corrected chi connectivity index (χ3v) is 11.1. The van der Waals surface area contributed by atoms with Gasteiger partial charge in [0.2, 0.25) is 6.71 Å². The molecule has 0 aliphatic heterocycles. The van der Waals surface area contributed by atoms with Gasteiger partial charge in [0.25, 0.3) is 0 Å². The van der Waals surface area contributed by atoms with Crippen LogP contribution in [-0.2, 0) is 5.16 Å². The number of nitrogens with zero attached hydrogens (tertiary/aromatic N) is 2. The Kier molecular flexibility index (Phi) is 10.6. The topological polar surface area (TPSA) is 27.1 Å². The van der Waals surface area contributed by atoms with Gasteiger partial charge in [-0.15, -0.1) is 0 Å². The minimum absolute atomic E-state index is 0.244.